The second kappa shape index (κ2) is 5.80. The summed E-state index contributed by atoms with van der Waals surface area (Å²) in [6.07, 6.45) is 1.71. The van der Waals surface area contributed by atoms with Gasteiger partial charge in [-0.3, -0.25) is 0 Å². The largest absolute Gasteiger partial charge is 0.438 e. The van der Waals surface area contributed by atoms with Gasteiger partial charge in [0.2, 0.25) is 5.88 Å². The van der Waals surface area contributed by atoms with Crippen LogP contribution < -0.4 is 10.1 Å². The van der Waals surface area contributed by atoms with Gasteiger partial charge in [0.15, 0.2) is 0 Å². The van der Waals surface area contributed by atoms with E-state index in [1.807, 2.05) is 43.4 Å². The molecule has 0 aliphatic carbocycles. The summed E-state index contributed by atoms with van der Waals surface area (Å²) < 4.78 is 6.64. The molecular weight excluding hydrogens is 280 g/mol. The van der Waals surface area contributed by atoms with Gasteiger partial charge in [0.25, 0.3) is 0 Å². The monoisotopic (exact) mass is 292 g/mol. The fourth-order valence-electron chi connectivity index (χ4n) is 1.49. The summed E-state index contributed by atoms with van der Waals surface area (Å²) >= 11 is 3.41. The van der Waals surface area contributed by atoms with E-state index < -0.39 is 0 Å². The lowest BCUT2D eigenvalue weighted by molar-refractivity contribution is 0.452. The highest BCUT2D eigenvalue weighted by molar-refractivity contribution is 9.10. The first kappa shape index (κ1) is 12.1. The van der Waals surface area contributed by atoms with Gasteiger partial charge in [0.1, 0.15) is 5.75 Å². The van der Waals surface area contributed by atoms with Crippen LogP contribution in [0.15, 0.2) is 47.1 Å². The minimum absolute atomic E-state index is 0.580. The molecule has 88 valence electrons. The molecule has 0 aliphatic heterocycles. The lowest BCUT2D eigenvalue weighted by Crippen LogP contribution is -2.06. The van der Waals surface area contributed by atoms with Gasteiger partial charge < -0.3 is 10.1 Å². The second-order valence-corrected chi connectivity index (χ2v) is 4.38. The molecular formula is C13H13BrN2O. The number of benzene rings is 1. The Hall–Kier alpha value is -1.39. The maximum absolute atomic E-state index is 5.79. The number of nitrogens with zero attached hydrogens (tertiary/aromatic N) is 1. The minimum Gasteiger partial charge on any atom is -0.438 e. The molecule has 1 N–H and O–H groups in total. The summed E-state index contributed by atoms with van der Waals surface area (Å²) in [5.41, 5.74) is 1.10. The Labute approximate surface area is 109 Å². The topological polar surface area (TPSA) is 34.1 Å². The van der Waals surface area contributed by atoms with Crippen molar-refractivity contribution in [2.45, 2.75) is 6.54 Å². The third kappa shape index (κ3) is 3.05. The predicted molar refractivity (Wildman–Crippen MR) is 71.2 cm³/mol. The molecule has 0 saturated heterocycles. The second-order valence-electron chi connectivity index (χ2n) is 3.53. The zero-order valence-electron chi connectivity index (χ0n) is 9.48. The molecule has 2 rings (SSSR count). The molecule has 4 heteroatoms. The number of pyridine rings is 1. The third-order valence-corrected chi connectivity index (χ3v) is 2.87. The van der Waals surface area contributed by atoms with Crippen LogP contribution in [0.1, 0.15) is 5.56 Å². The number of hydrogen-bond donors (Lipinski definition) is 1. The molecule has 0 aliphatic rings. The van der Waals surface area contributed by atoms with Crippen LogP contribution in [0.25, 0.3) is 0 Å². The van der Waals surface area contributed by atoms with Crippen LogP contribution in [0.3, 0.4) is 0 Å². The van der Waals surface area contributed by atoms with Crippen molar-refractivity contribution >= 4 is 15.9 Å². The Morgan fingerprint density at radius 3 is 2.82 bits per heavy atom. The van der Waals surface area contributed by atoms with Crippen molar-refractivity contribution in [3.05, 3.63) is 52.6 Å². The maximum atomic E-state index is 5.79. The fourth-order valence-corrected chi connectivity index (χ4v) is 1.83. The Bertz CT molecular complexity index is 502. The first-order chi connectivity index (χ1) is 8.31. The summed E-state index contributed by atoms with van der Waals surface area (Å²) in [5, 5.41) is 3.11. The summed E-state index contributed by atoms with van der Waals surface area (Å²) in [6.45, 7) is 0.765. The molecule has 0 atom stereocenters. The highest BCUT2D eigenvalue weighted by Crippen LogP contribution is 2.28. The van der Waals surface area contributed by atoms with Crippen molar-refractivity contribution in [3.63, 3.8) is 0 Å². The lowest BCUT2D eigenvalue weighted by atomic mass is 10.2. The van der Waals surface area contributed by atoms with E-state index in [-0.39, 0.29) is 0 Å². The third-order valence-electron chi connectivity index (χ3n) is 2.27. The minimum atomic E-state index is 0.580. The van der Waals surface area contributed by atoms with Crippen molar-refractivity contribution in [3.8, 4) is 11.6 Å². The molecule has 1 aromatic heterocycles. The van der Waals surface area contributed by atoms with Gasteiger partial charge in [-0.15, -0.1) is 0 Å². The molecule has 0 radical (unpaired) electrons. The van der Waals surface area contributed by atoms with Gasteiger partial charge in [0, 0.05) is 18.3 Å². The summed E-state index contributed by atoms with van der Waals surface area (Å²) in [6, 6.07) is 11.7. The Kier molecular flexibility index (Phi) is 4.12. The summed E-state index contributed by atoms with van der Waals surface area (Å²) in [7, 11) is 1.91. The number of halogens is 1. The smallest absolute Gasteiger partial charge is 0.233 e. The Morgan fingerprint density at radius 2 is 2.06 bits per heavy atom. The van der Waals surface area contributed by atoms with E-state index >= 15 is 0 Å². The zero-order chi connectivity index (χ0) is 12.1. The Morgan fingerprint density at radius 1 is 1.24 bits per heavy atom. The first-order valence-corrected chi connectivity index (χ1v) is 6.11. The van der Waals surface area contributed by atoms with Gasteiger partial charge in [-0.25, -0.2) is 4.98 Å². The number of hydrogen-bond acceptors (Lipinski definition) is 3. The maximum Gasteiger partial charge on any atom is 0.233 e. The molecule has 1 heterocycles. The van der Waals surface area contributed by atoms with Crippen LogP contribution in [0.4, 0.5) is 0 Å². The van der Waals surface area contributed by atoms with Crippen molar-refractivity contribution in [1.82, 2.24) is 10.3 Å². The van der Waals surface area contributed by atoms with E-state index in [2.05, 4.69) is 26.2 Å². The van der Waals surface area contributed by atoms with E-state index in [0.717, 1.165) is 22.3 Å². The number of nitrogens with one attached hydrogen (secondary N) is 1. The quantitative estimate of drug-likeness (QED) is 0.938. The fraction of sp³-hybridized carbons (Fsp3) is 0.154. The molecule has 0 bridgehead atoms. The zero-order valence-corrected chi connectivity index (χ0v) is 11.1. The summed E-state index contributed by atoms with van der Waals surface area (Å²) in [4.78, 5) is 4.19. The molecule has 0 amide bonds. The van der Waals surface area contributed by atoms with E-state index in [1.165, 1.54) is 0 Å². The average molecular weight is 293 g/mol. The molecule has 3 nitrogen and oxygen atoms in total. The van der Waals surface area contributed by atoms with Gasteiger partial charge in [0.05, 0.1) is 4.47 Å². The van der Waals surface area contributed by atoms with Gasteiger partial charge in [-0.05, 0) is 41.2 Å². The normalized spacial score (nSPS) is 10.2. The molecule has 0 unspecified atom stereocenters. The van der Waals surface area contributed by atoms with Crippen molar-refractivity contribution in [2.24, 2.45) is 0 Å². The SMILES string of the molecule is CNCc1ccccc1Oc1ncccc1Br. The first-order valence-electron chi connectivity index (χ1n) is 5.32. The molecule has 2 aromatic rings. The van der Waals surface area contributed by atoms with Crippen LogP contribution in [0.5, 0.6) is 11.6 Å². The Balaban J connectivity index is 2.27. The van der Waals surface area contributed by atoms with E-state index in [0.29, 0.717) is 5.88 Å². The van der Waals surface area contributed by atoms with Crippen LogP contribution in [0.2, 0.25) is 0 Å². The van der Waals surface area contributed by atoms with E-state index in [4.69, 9.17) is 4.74 Å². The van der Waals surface area contributed by atoms with E-state index in [1.54, 1.807) is 6.20 Å². The van der Waals surface area contributed by atoms with Crippen LogP contribution >= 0.6 is 15.9 Å². The standard InChI is InChI=1S/C13H13BrN2O/c1-15-9-10-5-2-3-7-12(10)17-13-11(14)6-4-8-16-13/h2-8,15H,9H2,1H3. The van der Waals surface area contributed by atoms with Crippen molar-refractivity contribution in [2.75, 3.05) is 7.05 Å². The predicted octanol–water partition coefficient (Wildman–Crippen LogP) is 3.36. The molecule has 0 saturated carbocycles. The summed E-state index contributed by atoms with van der Waals surface area (Å²) in [5.74, 6) is 1.40. The number of ether oxygens (including phenoxy) is 1. The van der Waals surface area contributed by atoms with E-state index in [9.17, 15) is 0 Å². The molecule has 0 fully saturated rings. The van der Waals surface area contributed by atoms with Crippen LogP contribution in [-0.4, -0.2) is 12.0 Å². The number of rotatable bonds is 4. The van der Waals surface area contributed by atoms with Gasteiger partial charge in [-0.2, -0.15) is 0 Å². The average Bonchev–Trinajstić information content (AvgIpc) is 2.35. The highest BCUT2D eigenvalue weighted by Gasteiger charge is 2.06. The van der Waals surface area contributed by atoms with Gasteiger partial charge in [-0.1, -0.05) is 18.2 Å². The lowest BCUT2D eigenvalue weighted by Gasteiger charge is -2.10. The molecule has 17 heavy (non-hydrogen) atoms. The van der Waals surface area contributed by atoms with Crippen molar-refractivity contribution < 1.29 is 4.74 Å². The molecule has 1 aromatic carbocycles. The van der Waals surface area contributed by atoms with Crippen LogP contribution in [-0.2, 0) is 6.54 Å². The molecule has 0 spiro atoms. The highest BCUT2D eigenvalue weighted by atomic mass is 79.9. The number of aromatic nitrogens is 1. The number of para-hydroxylation sites is 1. The van der Waals surface area contributed by atoms with Crippen molar-refractivity contribution in [1.29, 1.82) is 0 Å². The van der Waals surface area contributed by atoms with Crippen LogP contribution in [0, 0.1) is 0 Å². The van der Waals surface area contributed by atoms with Gasteiger partial charge >= 0.3 is 0 Å².